The van der Waals surface area contributed by atoms with E-state index in [1.165, 1.54) is 6.07 Å². The molecule has 0 aliphatic carbocycles. The number of primary amides is 1. The van der Waals surface area contributed by atoms with Crippen LogP contribution in [0.5, 0.6) is 0 Å². The van der Waals surface area contributed by atoms with Gasteiger partial charge in [-0.25, -0.2) is 0 Å². The van der Waals surface area contributed by atoms with E-state index in [1.807, 2.05) is 6.92 Å². The highest BCUT2D eigenvalue weighted by molar-refractivity contribution is 6.34. The lowest BCUT2D eigenvalue weighted by Gasteiger charge is -2.23. The average Bonchev–Trinajstić information content (AvgIpc) is 2.79. The Bertz CT molecular complexity index is 525. The van der Waals surface area contributed by atoms with Crippen molar-refractivity contribution < 1.29 is 9.59 Å². The second-order valence-electron chi connectivity index (χ2n) is 4.88. The summed E-state index contributed by atoms with van der Waals surface area (Å²) >= 11 is 5.86. The molecule has 1 saturated heterocycles. The number of nitrogens with two attached hydrogens (primary N) is 1. The first kappa shape index (κ1) is 13.8. The number of anilines is 1. The molecule has 0 radical (unpaired) electrons. The monoisotopic (exact) mass is 281 g/mol. The maximum Gasteiger partial charge on any atom is 0.250 e. The van der Waals surface area contributed by atoms with Crippen LogP contribution < -0.4 is 16.4 Å². The van der Waals surface area contributed by atoms with E-state index in [0.29, 0.717) is 5.69 Å². The van der Waals surface area contributed by atoms with E-state index in [-0.39, 0.29) is 16.5 Å². The zero-order valence-electron chi connectivity index (χ0n) is 10.6. The summed E-state index contributed by atoms with van der Waals surface area (Å²) < 4.78 is 0. The van der Waals surface area contributed by atoms with Gasteiger partial charge in [0.15, 0.2) is 0 Å². The lowest BCUT2D eigenvalue weighted by molar-refractivity contribution is -0.121. The van der Waals surface area contributed by atoms with Gasteiger partial charge in [-0.15, -0.1) is 0 Å². The summed E-state index contributed by atoms with van der Waals surface area (Å²) in [4.78, 5) is 23.4. The summed E-state index contributed by atoms with van der Waals surface area (Å²) in [5.74, 6) is -0.742. The summed E-state index contributed by atoms with van der Waals surface area (Å²) in [6.45, 7) is 2.69. The molecule has 0 aromatic heterocycles. The summed E-state index contributed by atoms with van der Waals surface area (Å²) in [5, 5.41) is 6.22. The van der Waals surface area contributed by atoms with Crippen molar-refractivity contribution >= 4 is 29.1 Å². The van der Waals surface area contributed by atoms with E-state index in [2.05, 4.69) is 10.6 Å². The fraction of sp³-hybridized carbons (Fsp3) is 0.385. The van der Waals surface area contributed by atoms with Crippen LogP contribution in [0.15, 0.2) is 18.2 Å². The van der Waals surface area contributed by atoms with Gasteiger partial charge in [-0.05, 0) is 44.5 Å². The van der Waals surface area contributed by atoms with E-state index in [9.17, 15) is 9.59 Å². The molecule has 19 heavy (non-hydrogen) atoms. The van der Waals surface area contributed by atoms with Crippen LogP contribution in [-0.2, 0) is 4.79 Å². The van der Waals surface area contributed by atoms with Crippen LogP contribution in [0.25, 0.3) is 0 Å². The van der Waals surface area contributed by atoms with E-state index < -0.39 is 11.4 Å². The van der Waals surface area contributed by atoms with Gasteiger partial charge in [-0.2, -0.15) is 0 Å². The van der Waals surface area contributed by atoms with Crippen LogP contribution in [-0.4, -0.2) is 23.9 Å². The van der Waals surface area contributed by atoms with Crippen LogP contribution >= 0.6 is 11.6 Å². The third-order valence-corrected chi connectivity index (χ3v) is 3.69. The molecule has 1 aliphatic heterocycles. The predicted octanol–water partition coefficient (Wildman–Crippen LogP) is 1.52. The Labute approximate surface area is 116 Å². The van der Waals surface area contributed by atoms with Crippen molar-refractivity contribution in [2.75, 3.05) is 11.9 Å². The second kappa shape index (κ2) is 5.19. The van der Waals surface area contributed by atoms with E-state index in [4.69, 9.17) is 17.3 Å². The maximum absolute atomic E-state index is 12.2. The van der Waals surface area contributed by atoms with Crippen molar-refractivity contribution in [2.45, 2.75) is 25.3 Å². The van der Waals surface area contributed by atoms with Crippen molar-refractivity contribution in [3.8, 4) is 0 Å². The number of hydrogen-bond acceptors (Lipinski definition) is 3. The van der Waals surface area contributed by atoms with E-state index in [0.717, 1.165) is 19.4 Å². The molecule has 2 amide bonds. The molecular weight excluding hydrogens is 266 g/mol. The van der Waals surface area contributed by atoms with Crippen molar-refractivity contribution in [1.82, 2.24) is 5.32 Å². The van der Waals surface area contributed by atoms with Gasteiger partial charge in [0.05, 0.1) is 16.1 Å². The van der Waals surface area contributed by atoms with Gasteiger partial charge < -0.3 is 16.4 Å². The molecule has 0 bridgehead atoms. The highest BCUT2D eigenvalue weighted by Gasteiger charge is 2.35. The summed E-state index contributed by atoms with van der Waals surface area (Å²) in [7, 11) is 0. The van der Waals surface area contributed by atoms with Crippen molar-refractivity contribution in [2.24, 2.45) is 5.73 Å². The van der Waals surface area contributed by atoms with Crippen molar-refractivity contribution in [1.29, 1.82) is 0 Å². The summed E-state index contributed by atoms with van der Waals surface area (Å²) in [6, 6.07) is 4.67. The molecule has 4 N–H and O–H groups in total. The van der Waals surface area contributed by atoms with Gasteiger partial charge in [0.25, 0.3) is 0 Å². The highest BCUT2D eigenvalue weighted by atomic mass is 35.5. The summed E-state index contributed by atoms with van der Waals surface area (Å²) in [5.41, 5.74) is 5.36. The number of benzene rings is 1. The molecule has 2 rings (SSSR count). The third kappa shape index (κ3) is 2.88. The molecule has 1 unspecified atom stereocenters. The molecule has 1 heterocycles. The van der Waals surface area contributed by atoms with Crippen LogP contribution in [0.4, 0.5) is 5.69 Å². The molecule has 5 nitrogen and oxygen atoms in total. The topological polar surface area (TPSA) is 84.2 Å². The van der Waals surface area contributed by atoms with Gasteiger partial charge in [0, 0.05) is 5.69 Å². The zero-order valence-corrected chi connectivity index (χ0v) is 11.4. The standard InChI is InChI=1S/C13H16ClN3O2/c1-13(5-2-6-16-13)12(19)17-8-3-4-10(14)9(7-8)11(15)18/h3-4,7,16H,2,5-6H2,1H3,(H2,15,18)(H,17,19). The molecule has 1 aliphatic rings. The van der Waals surface area contributed by atoms with Gasteiger partial charge in [-0.3, -0.25) is 9.59 Å². The number of carbonyl (C=O) groups is 2. The van der Waals surface area contributed by atoms with E-state index >= 15 is 0 Å². The Hall–Kier alpha value is -1.59. The first-order valence-corrected chi connectivity index (χ1v) is 6.46. The number of halogens is 1. The first-order valence-electron chi connectivity index (χ1n) is 6.08. The quantitative estimate of drug-likeness (QED) is 0.785. The molecule has 1 fully saturated rings. The number of nitrogens with one attached hydrogen (secondary N) is 2. The van der Waals surface area contributed by atoms with Gasteiger partial charge in [-0.1, -0.05) is 11.6 Å². The fourth-order valence-corrected chi connectivity index (χ4v) is 2.36. The first-order chi connectivity index (χ1) is 8.92. The molecule has 0 spiro atoms. The third-order valence-electron chi connectivity index (χ3n) is 3.36. The minimum absolute atomic E-state index is 0.122. The Kier molecular flexibility index (Phi) is 3.78. The van der Waals surface area contributed by atoms with Crippen LogP contribution in [0, 0.1) is 0 Å². The largest absolute Gasteiger partial charge is 0.366 e. The zero-order chi connectivity index (χ0) is 14.0. The highest BCUT2D eigenvalue weighted by Crippen LogP contribution is 2.23. The Balaban J connectivity index is 2.17. The van der Waals surface area contributed by atoms with Gasteiger partial charge in [0.1, 0.15) is 0 Å². The number of rotatable bonds is 3. The van der Waals surface area contributed by atoms with Crippen molar-refractivity contribution in [3.63, 3.8) is 0 Å². The Morgan fingerprint density at radius 1 is 1.47 bits per heavy atom. The normalized spacial score (nSPS) is 22.2. The molecular formula is C13H16ClN3O2. The predicted molar refractivity (Wildman–Crippen MR) is 74.2 cm³/mol. The van der Waals surface area contributed by atoms with Crippen molar-refractivity contribution in [3.05, 3.63) is 28.8 Å². The molecule has 102 valence electrons. The molecule has 6 heteroatoms. The average molecular weight is 282 g/mol. The Morgan fingerprint density at radius 2 is 2.21 bits per heavy atom. The lowest BCUT2D eigenvalue weighted by Crippen LogP contribution is -2.47. The van der Waals surface area contributed by atoms with Crippen LogP contribution in [0.1, 0.15) is 30.1 Å². The summed E-state index contributed by atoms with van der Waals surface area (Å²) in [6.07, 6.45) is 1.76. The molecule has 1 atom stereocenters. The minimum Gasteiger partial charge on any atom is -0.366 e. The molecule has 1 aromatic rings. The van der Waals surface area contributed by atoms with Gasteiger partial charge in [0.2, 0.25) is 11.8 Å². The van der Waals surface area contributed by atoms with Crippen LogP contribution in [0.2, 0.25) is 5.02 Å². The van der Waals surface area contributed by atoms with Gasteiger partial charge >= 0.3 is 0 Å². The fourth-order valence-electron chi connectivity index (χ4n) is 2.15. The second-order valence-corrected chi connectivity index (χ2v) is 5.28. The Morgan fingerprint density at radius 3 is 2.79 bits per heavy atom. The molecule has 1 aromatic carbocycles. The lowest BCUT2D eigenvalue weighted by atomic mass is 9.99. The minimum atomic E-state index is -0.619. The smallest absolute Gasteiger partial charge is 0.250 e. The SMILES string of the molecule is CC1(C(=O)Nc2ccc(Cl)c(C(N)=O)c2)CCCN1. The molecule has 0 saturated carbocycles. The van der Waals surface area contributed by atoms with E-state index in [1.54, 1.807) is 12.1 Å². The number of amides is 2. The number of hydrogen-bond donors (Lipinski definition) is 3. The number of carbonyl (C=O) groups excluding carboxylic acids is 2. The maximum atomic E-state index is 12.2. The van der Waals surface area contributed by atoms with Crippen LogP contribution in [0.3, 0.4) is 0 Å².